The van der Waals surface area contributed by atoms with E-state index in [0.717, 1.165) is 11.1 Å². The Morgan fingerprint density at radius 1 is 1.17 bits per heavy atom. The van der Waals surface area contributed by atoms with Gasteiger partial charge in [0.1, 0.15) is 5.75 Å². The van der Waals surface area contributed by atoms with E-state index in [4.69, 9.17) is 9.47 Å². The fraction of sp³-hybridized carbons (Fsp3) is 0.250. The van der Waals surface area contributed by atoms with Crippen LogP contribution in [-0.4, -0.2) is 24.6 Å². The van der Waals surface area contributed by atoms with Crippen LogP contribution in [0, 0.1) is 13.8 Å². The SMILES string of the molecule is CCOc1ccc(/C=C/C(=O)c2cc(C)cc(C)c2O)cc1OC. The summed E-state index contributed by atoms with van der Waals surface area (Å²) in [6, 6.07) is 8.98. The molecular weight excluding hydrogens is 304 g/mol. The average molecular weight is 326 g/mol. The quantitative estimate of drug-likeness (QED) is 0.635. The largest absolute Gasteiger partial charge is 0.507 e. The van der Waals surface area contributed by atoms with Crippen molar-refractivity contribution in [2.24, 2.45) is 0 Å². The first-order chi connectivity index (χ1) is 11.5. The highest BCUT2D eigenvalue weighted by Gasteiger charge is 2.11. The Labute approximate surface area is 142 Å². The van der Waals surface area contributed by atoms with Crippen LogP contribution in [0.1, 0.15) is 34.0 Å². The van der Waals surface area contributed by atoms with Gasteiger partial charge >= 0.3 is 0 Å². The van der Waals surface area contributed by atoms with Gasteiger partial charge in [0, 0.05) is 0 Å². The highest BCUT2D eigenvalue weighted by Crippen LogP contribution is 2.29. The van der Waals surface area contributed by atoms with Crippen molar-refractivity contribution >= 4 is 11.9 Å². The molecular formula is C20H22O4. The lowest BCUT2D eigenvalue weighted by molar-refractivity contribution is 0.104. The molecule has 0 radical (unpaired) electrons. The van der Waals surface area contributed by atoms with Crippen LogP contribution in [0.15, 0.2) is 36.4 Å². The molecule has 0 amide bonds. The first-order valence-corrected chi connectivity index (χ1v) is 7.79. The average Bonchev–Trinajstić information content (AvgIpc) is 2.57. The number of rotatable bonds is 6. The van der Waals surface area contributed by atoms with Crippen molar-refractivity contribution in [3.8, 4) is 17.2 Å². The number of hydrogen-bond donors (Lipinski definition) is 1. The number of carbonyl (C=O) groups is 1. The van der Waals surface area contributed by atoms with Crippen molar-refractivity contribution in [2.45, 2.75) is 20.8 Å². The zero-order chi connectivity index (χ0) is 17.7. The van der Waals surface area contributed by atoms with Crippen LogP contribution >= 0.6 is 0 Å². The summed E-state index contributed by atoms with van der Waals surface area (Å²) in [5.74, 6) is 1.06. The van der Waals surface area contributed by atoms with E-state index in [9.17, 15) is 9.90 Å². The summed E-state index contributed by atoms with van der Waals surface area (Å²) < 4.78 is 10.8. The van der Waals surface area contributed by atoms with Gasteiger partial charge in [0.05, 0.1) is 19.3 Å². The van der Waals surface area contributed by atoms with Gasteiger partial charge in [-0.1, -0.05) is 18.2 Å². The molecule has 0 atom stereocenters. The molecule has 0 aliphatic heterocycles. The molecule has 126 valence electrons. The summed E-state index contributed by atoms with van der Waals surface area (Å²) in [6.07, 6.45) is 3.14. The van der Waals surface area contributed by atoms with E-state index in [1.807, 2.05) is 26.0 Å². The molecule has 0 aliphatic rings. The second kappa shape index (κ2) is 7.68. The number of methoxy groups -OCH3 is 1. The van der Waals surface area contributed by atoms with Crippen LogP contribution < -0.4 is 9.47 Å². The third kappa shape index (κ3) is 3.96. The Kier molecular flexibility index (Phi) is 5.64. The Balaban J connectivity index is 2.26. The minimum atomic E-state index is -0.243. The third-order valence-electron chi connectivity index (χ3n) is 3.62. The molecule has 4 heteroatoms. The summed E-state index contributed by atoms with van der Waals surface area (Å²) in [6.45, 7) is 6.13. The van der Waals surface area contributed by atoms with Gasteiger partial charge in [-0.3, -0.25) is 4.79 Å². The second-order valence-electron chi connectivity index (χ2n) is 5.52. The number of allylic oxidation sites excluding steroid dienone is 1. The smallest absolute Gasteiger partial charge is 0.189 e. The van der Waals surface area contributed by atoms with E-state index < -0.39 is 0 Å². The van der Waals surface area contributed by atoms with E-state index in [0.29, 0.717) is 29.2 Å². The molecule has 0 bridgehead atoms. The maximum Gasteiger partial charge on any atom is 0.189 e. The highest BCUT2D eigenvalue weighted by atomic mass is 16.5. The summed E-state index contributed by atoms with van der Waals surface area (Å²) >= 11 is 0. The van der Waals surface area contributed by atoms with Crippen LogP contribution in [0.3, 0.4) is 0 Å². The normalized spacial score (nSPS) is 10.8. The van der Waals surface area contributed by atoms with E-state index in [1.165, 1.54) is 6.08 Å². The van der Waals surface area contributed by atoms with E-state index in [1.54, 1.807) is 38.3 Å². The number of ether oxygens (including phenoxy) is 2. The summed E-state index contributed by atoms with van der Waals surface area (Å²) in [7, 11) is 1.57. The maximum absolute atomic E-state index is 12.4. The summed E-state index contributed by atoms with van der Waals surface area (Å²) in [4.78, 5) is 12.4. The van der Waals surface area contributed by atoms with Gasteiger partial charge in [0.25, 0.3) is 0 Å². The van der Waals surface area contributed by atoms with E-state index in [2.05, 4.69) is 0 Å². The van der Waals surface area contributed by atoms with Crippen LogP contribution in [0.2, 0.25) is 0 Å². The van der Waals surface area contributed by atoms with Gasteiger partial charge in [-0.25, -0.2) is 0 Å². The van der Waals surface area contributed by atoms with Crippen LogP contribution in [0.5, 0.6) is 17.2 Å². The summed E-state index contributed by atoms with van der Waals surface area (Å²) in [5.41, 5.74) is 2.74. The molecule has 0 aliphatic carbocycles. The number of benzene rings is 2. The van der Waals surface area contributed by atoms with Crippen molar-refractivity contribution in [1.82, 2.24) is 0 Å². The maximum atomic E-state index is 12.4. The minimum Gasteiger partial charge on any atom is -0.507 e. The molecule has 1 N–H and O–H groups in total. The van der Waals surface area contributed by atoms with Gasteiger partial charge in [-0.15, -0.1) is 0 Å². The Morgan fingerprint density at radius 3 is 2.58 bits per heavy atom. The molecule has 0 saturated carbocycles. The predicted molar refractivity (Wildman–Crippen MR) is 95.1 cm³/mol. The van der Waals surface area contributed by atoms with Gasteiger partial charge < -0.3 is 14.6 Å². The zero-order valence-corrected chi connectivity index (χ0v) is 14.4. The van der Waals surface area contributed by atoms with Gasteiger partial charge in [0.2, 0.25) is 0 Å². The fourth-order valence-corrected chi connectivity index (χ4v) is 2.47. The van der Waals surface area contributed by atoms with Crippen molar-refractivity contribution in [2.75, 3.05) is 13.7 Å². The van der Waals surface area contributed by atoms with Crippen molar-refractivity contribution in [3.63, 3.8) is 0 Å². The Bertz CT molecular complexity index is 775. The number of ketones is 1. The number of aromatic hydroxyl groups is 1. The van der Waals surface area contributed by atoms with Crippen LogP contribution in [0.4, 0.5) is 0 Å². The first-order valence-electron chi connectivity index (χ1n) is 7.79. The molecule has 24 heavy (non-hydrogen) atoms. The van der Waals surface area contributed by atoms with E-state index in [-0.39, 0.29) is 11.5 Å². The molecule has 4 nitrogen and oxygen atoms in total. The Hall–Kier alpha value is -2.75. The number of phenols is 1. The zero-order valence-electron chi connectivity index (χ0n) is 14.4. The van der Waals surface area contributed by atoms with Crippen molar-refractivity contribution in [1.29, 1.82) is 0 Å². The molecule has 0 heterocycles. The molecule has 0 aromatic heterocycles. The third-order valence-corrected chi connectivity index (χ3v) is 3.62. The number of phenolic OH excluding ortho intramolecular Hbond substituents is 1. The fourth-order valence-electron chi connectivity index (χ4n) is 2.47. The predicted octanol–water partition coefficient (Wildman–Crippen LogP) is 4.31. The van der Waals surface area contributed by atoms with Crippen LogP contribution in [-0.2, 0) is 0 Å². The minimum absolute atomic E-state index is 0.0273. The molecule has 2 aromatic carbocycles. The molecule has 2 aromatic rings. The Morgan fingerprint density at radius 2 is 1.92 bits per heavy atom. The number of hydrogen-bond acceptors (Lipinski definition) is 4. The molecule has 0 fully saturated rings. The highest BCUT2D eigenvalue weighted by molar-refractivity contribution is 6.09. The molecule has 0 spiro atoms. The lowest BCUT2D eigenvalue weighted by Gasteiger charge is -2.09. The van der Waals surface area contributed by atoms with Crippen molar-refractivity contribution in [3.05, 3.63) is 58.7 Å². The van der Waals surface area contributed by atoms with Gasteiger partial charge in [-0.2, -0.15) is 0 Å². The molecule has 2 rings (SSSR count). The number of aryl methyl sites for hydroxylation is 2. The van der Waals surface area contributed by atoms with Gasteiger partial charge in [0.15, 0.2) is 17.3 Å². The monoisotopic (exact) mass is 326 g/mol. The molecule has 0 saturated heterocycles. The number of carbonyl (C=O) groups excluding carboxylic acids is 1. The lowest BCUT2D eigenvalue weighted by Crippen LogP contribution is -1.98. The molecule has 0 unspecified atom stereocenters. The first kappa shape index (κ1) is 17.6. The van der Waals surface area contributed by atoms with E-state index >= 15 is 0 Å². The summed E-state index contributed by atoms with van der Waals surface area (Å²) in [5, 5.41) is 10.1. The van der Waals surface area contributed by atoms with Crippen LogP contribution in [0.25, 0.3) is 6.08 Å². The second-order valence-corrected chi connectivity index (χ2v) is 5.52. The van der Waals surface area contributed by atoms with Crippen molar-refractivity contribution < 1.29 is 19.4 Å². The van der Waals surface area contributed by atoms with Gasteiger partial charge in [-0.05, 0) is 61.7 Å². The lowest BCUT2D eigenvalue weighted by atomic mass is 10.0. The standard InChI is InChI=1S/C20H22O4/c1-5-24-18-9-7-15(12-19(18)23-4)6-8-17(21)16-11-13(2)10-14(3)20(16)22/h6-12,22H,5H2,1-4H3/b8-6+. The topological polar surface area (TPSA) is 55.8 Å².